The van der Waals surface area contributed by atoms with Gasteiger partial charge in [-0.15, -0.1) is 0 Å². The van der Waals surface area contributed by atoms with Crippen molar-refractivity contribution in [1.82, 2.24) is 10.2 Å². The van der Waals surface area contributed by atoms with Crippen LogP contribution in [0.4, 0.5) is 5.82 Å². The van der Waals surface area contributed by atoms with Crippen LogP contribution in [0.3, 0.4) is 0 Å². The van der Waals surface area contributed by atoms with Crippen LogP contribution in [0.5, 0.6) is 0 Å². The molecule has 0 spiro atoms. The Morgan fingerprint density at radius 1 is 1.73 bits per heavy atom. The second kappa shape index (κ2) is 3.55. The third kappa shape index (κ3) is 1.93. The predicted molar refractivity (Wildman–Crippen MR) is 42.7 cm³/mol. The fraction of sp³-hybridized carbons (Fsp3) is 0.143. The highest BCUT2D eigenvalue weighted by Gasteiger charge is 1.93. The second-order valence-corrected chi connectivity index (χ2v) is 2.04. The molecule has 0 aliphatic heterocycles. The summed E-state index contributed by atoms with van der Waals surface area (Å²) in [5, 5.41) is 6.29. The molecule has 1 aromatic heterocycles. The van der Waals surface area contributed by atoms with Crippen molar-refractivity contribution >= 4 is 18.2 Å². The molecule has 0 amide bonds. The molecule has 0 radical (unpaired) electrons. The number of allylic oxidation sites excluding steroid dienone is 1. The van der Waals surface area contributed by atoms with E-state index in [9.17, 15) is 4.79 Å². The van der Waals surface area contributed by atoms with Gasteiger partial charge < -0.3 is 10.5 Å². The van der Waals surface area contributed by atoms with E-state index in [1.54, 1.807) is 18.3 Å². The highest BCUT2D eigenvalue weighted by Crippen LogP contribution is 2.07. The number of aldehydes is 1. The first kappa shape index (κ1) is 7.53. The topological polar surface area (TPSA) is 71.8 Å². The van der Waals surface area contributed by atoms with Gasteiger partial charge in [0.15, 0.2) is 0 Å². The first-order valence-electron chi connectivity index (χ1n) is 3.23. The Hall–Kier alpha value is -1.58. The molecule has 0 bridgehead atoms. The average molecular weight is 151 g/mol. The van der Waals surface area contributed by atoms with Crippen LogP contribution in [-0.2, 0) is 4.79 Å². The second-order valence-electron chi connectivity index (χ2n) is 2.04. The molecule has 1 heterocycles. The van der Waals surface area contributed by atoms with Gasteiger partial charge in [-0.3, -0.25) is 5.10 Å². The zero-order chi connectivity index (χ0) is 8.10. The molecule has 4 heteroatoms. The van der Waals surface area contributed by atoms with Gasteiger partial charge in [-0.2, -0.15) is 5.10 Å². The maximum Gasteiger partial charge on any atom is 0.126 e. The number of nitrogens with zero attached hydrogens (tertiary/aromatic N) is 1. The van der Waals surface area contributed by atoms with E-state index in [1.807, 2.05) is 0 Å². The van der Waals surface area contributed by atoms with Gasteiger partial charge in [0.2, 0.25) is 0 Å². The van der Waals surface area contributed by atoms with Gasteiger partial charge in [0.1, 0.15) is 12.1 Å². The van der Waals surface area contributed by atoms with Crippen molar-refractivity contribution in [3.8, 4) is 0 Å². The Balaban J connectivity index is 2.63. The molecule has 4 nitrogen and oxygen atoms in total. The SMILES string of the molecule is Nc1[nH]ncc1C=CCC=O. The largest absolute Gasteiger partial charge is 0.384 e. The van der Waals surface area contributed by atoms with Crippen LogP contribution in [-0.4, -0.2) is 16.5 Å². The zero-order valence-corrected chi connectivity index (χ0v) is 5.95. The zero-order valence-electron chi connectivity index (χ0n) is 5.95. The molecule has 0 saturated heterocycles. The summed E-state index contributed by atoms with van der Waals surface area (Å²) in [6.45, 7) is 0. The van der Waals surface area contributed by atoms with Crippen molar-refractivity contribution in [2.45, 2.75) is 6.42 Å². The van der Waals surface area contributed by atoms with Gasteiger partial charge in [0, 0.05) is 12.0 Å². The van der Waals surface area contributed by atoms with E-state index in [2.05, 4.69) is 10.2 Å². The summed E-state index contributed by atoms with van der Waals surface area (Å²) in [5.41, 5.74) is 6.28. The molecular weight excluding hydrogens is 142 g/mol. The Kier molecular flexibility index (Phi) is 2.43. The van der Waals surface area contributed by atoms with Crippen molar-refractivity contribution in [3.05, 3.63) is 17.8 Å². The van der Waals surface area contributed by atoms with E-state index in [4.69, 9.17) is 5.73 Å². The third-order valence-corrected chi connectivity index (χ3v) is 1.23. The van der Waals surface area contributed by atoms with Crippen molar-refractivity contribution in [2.24, 2.45) is 0 Å². The van der Waals surface area contributed by atoms with E-state index < -0.39 is 0 Å². The quantitative estimate of drug-likeness (QED) is 0.621. The predicted octanol–water partition coefficient (Wildman–Crippen LogP) is 0.594. The van der Waals surface area contributed by atoms with Crippen molar-refractivity contribution in [2.75, 3.05) is 5.73 Å². The van der Waals surface area contributed by atoms with Crippen molar-refractivity contribution < 1.29 is 4.79 Å². The number of rotatable bonds is 3. The van der Waals surface area contributed by atoms with Gasteiger partial charge >= 0.3 is 0 Å². The Morgan fingerprint density at radius 2 is 2.55 bits per heavy atom. The highest BCUT2D eigenvalue weighted by atomic mass is 16.1. The van der Waals surface area contributed by atoms with Crippen LogP contribution in [0.1, 0.15) is 12.0 Å². The lowest BCUT2D eigenvalue weighted by Gasteiger charge is -1.85. The van der Waals surface area contributed by atoms with Crippen LogP contribution in [0.15, 0.2) is 12.3 Å². The molecule has 0 fully saturated rings. The Bertz CT molecular complexity index is 264. The van der Waals surface area contributed by atoms with E-state index in [1.165, 1.54) is 0 Å². The molecule has 0 atom stereocenters. The van der Waals surface area contributed by atoms with Crippen LogP contribution >= 0.6 is 0 Å². The number of aromatic nitrogens is 2. The minimum absolute atomic E-state index is 0.407. The molecule has 0 unspecified atom stereocenters. The van der Waals surface area contributed by atoms with Crippen LogP contribution in [0.2, 0.25) is 0 Å². The standard InChI is InChI=1S/C7H9N3O/c8-7-6(5-9-10-7)3-1-2-4-11/h1,3-5H,2H2,(H3,8,9,10). The number of hydrogen-bond donors (Lipinski definition) is 2. The molecule has 1 rings (SSSR count). The van der Waals surface area contributed by atoms with Crippen molar-refractivity contribution in [1.29, 1.82) is 0 Å². The van der Waals surface area contributed by atoms with Gasteiger partial charge in [0.25, 0.3) is 0 Å². The molecular formula is C7H9N3O. The summed E-state index contributed by atoms with van der Waals surface area (Å²) in [6.07, 6.45) is 6.33. The molecule has 3 N–H and O–H groups in total. The number of carbonyl (C=O) groups excluding carboxylic acids is 1. The van der Waals surface area contributed by atoms with Gasteiger partial charge in [-0.1, -0.05) is 12.2 Å². The molecule has 11 heavy (non-hydrogen) atoms. The number of aromatic amines is 1. The molecule has 0 aliphatic carbocycles. The molecule has 0 aliphatic rings. The summed E-state index contributed by atoms with van der Waals surface area (Å²) < 4.78 is 0. The van der Waals surface area contributed by atoms with Gasteiger partial charge in [0.05, 0.1) is 6.20 Å². The third-order valence-electron chi connectivity index (χ3n) is 1.23. The van der Waals surface area contributed by atoms with Crippen LogP contribution in [0, 0.1) is 0 Å². The summed E-state index contributed by atoms with van der Waals surface area (Å²) >= 11 is 0. The van der Waals surface area contributed by atoms with Crippen LogP contribution in [0.25, 0.3) is 6.08 Å². The number of H-pyrrole nitrogens is 1. The number of nitrogens with one attached hydrogen (secondary N) is 1. The number of hydrogen-bond acceptors (Lipinski definition) is 3. The normalized spacial score (nSPS) is 10.5. The average Bonchev–Trinajstić information content (AvgIpc) is 2.37. The van der Waals surface area contributed by atoms with Gasteiger partial charge in [-0.25, -0.2) is 0 Å². The fourth-order valence-corrected chi connectivity index (χ4v) is 0.689. The lowest BCUT2D eigenvalue weighted by Crippen LogP contribution is -1.85. The molecule has 0 saturated carbocycles. The number of carbonyl (C=O) groups is 1. The Morgan fingerprint density at radius 3 is 3.09 bits per heavy atom. The summed E-state index contributed by atoms with van der Waals surface area (Å²) in [7, 11) is 0. The smallest absolute Gasteiger partial charge is 0.126 e. The lowest BCUT2D eigenvalue weighted by atomic mass is 10.3. The monoisotopic (exact) mass is 151 g/mol. The highest BCUT2D eigenvalue weighted by molar-refractivity contribution is 5.63. The summed E-state index contributed by atoms with van der Waals surface area (Å²) in [4.78, 5) is 9.91. The minimum Gasteiger partial charge on any atom is -0.384 e. The number of anilines is 1. The van der Waals surface area contributed by atoms with Crippen LogP contribution < -0.4 is 5.73 Å². The number of nitrogen functional groups attached to an aromatic ring is 1. The molecule has 0 aromatic carbocycles. The summed E-state index contributed by atoms with van der Waals surface area (Å²) in [5.74, 6) is 0.521. The van der Waals surface area contributed by atoms with E-state index >= 15 is 0 Å². The first-order chi connectivity index (χ1) is 5.34. The minimum atomic E-state index is 0.407. The van der Waals surface area contributed by atoms with Gasteiger partial charge in [-0.05, 0) is 0 Å². The fourth-order valence-electron chi connectivity index (χ4n) is 0.689. The molecule has 58 valence electrons. The van der Waals surface area contributed by atoms with E-state index in [0.29, 0.717) is 12.2 Å². The molecule has 1 aromatic rings. The maximum atomic E-state index is 9.91. The lowest BCUT2D eigenvalue weighted by molar-refractivity contribution is -0.107. The number of nitrogens with two attached hydrogens (primary N) is 1. The summed E-state index contributed by atoms with van der Waals surface area (Å²) in [6, 6.07) is 0. The Labute approximate surface area is 64.1 Å². The van der Waals surface area contributed by atoms with E-state index in [-0.39, 0.29) is 0 Å². The first-order valence-corrected chi connectivity index (χ1v) is 3.23. The van der Waals surface area contributed by atoms with Crippen molar-refractivity contribution in [3.63, 3.8) is 0 Å². The van der Waals surface area contributed by atoms with E-state index in [0.717, 1.165) is 11.8 Å². The maximum absolute atomic E-state index is 9.91.